The van der Waals surface area contributed by atoms with E-state index in [1.165, 1.54) is 37.0 Å². The van der Waals surface area contributed by atoms with Crippen molar-refractivity contribution in [3.8, 4) is 17.0 Å². The van der Waals surface area contributed by atoms with Gasteiger partial charge in [0.1, 0.15) is 5.75 Å². The molecule has 1 N–H and O–H groups in total. The monoisotopic (exact) mass is 471 g/mol. The minimum absolute atomic E-state index is 0.741. The number of unbranched alkanes of at least 4 members (excludes halogenated alkanes) is 4. The van der Waals surface area contributed by atoms with Gasteiger partial charge in [-0.2, -0.15) is 5.10 Å². The third-order valence-electron chi connectivity index (χ3n) is 4.43. The predicted octanol–water partition coefficient (Wildman–Crippen LogP) is 7.37. The van der Waals surface area contributed by atoms with Crippen molar-refractivity contribution in [1.82, 2.24) is 4.98 Å². The molecule has 29 heavy (non-hydrogen) atoms. The molecule has 2 aromatic carbocycles. The summed E-state index contributed by atoms with van der Waals surface area (Å²) in [6.45, 7) is 2.97. The van der Waals surface area contributed by atoms with Gasteiger partial charge in [0.15, 0.2) is 0 Å². The molecule has 0 bridgehead atoms. The fourth-order valence-corrected chi connectivity index (χ4v) is 3.77. The van der Waals surface area contributed by atoms with E-state index in [0.29, 0.717) is 0 Å². The zero-order valence-electron chi connectivity index (χ0n) is 16.6. The van der Waals surface area contributed by atoms with Gasteiger partial charge in [0.25, 0.3) is 0 Å². The SMILES string of the molecule is CCCCCCCOc1ccccc1/C=N/Nc1nc(-c2ccc(Br)cc2)cs1. The maximum Gasteiger partial charge on any atom is 0.203 e. The van der Waals surface area contributed by atoms with Crippen molar-refractivity contribution in [2.24, 2.45) is 5.10 Å². The third-order valence-corrected chi connectivity index (χ3v) is 5.71. The molecule has 0 saturated heterocycles. The Morgan fingerprint density at radius 3 is 2.69 bits per heavy atom. The van der Waals surface area contributed by atoms with Gasteiger partial charge in [-0.05, 0) is 30.7 Å². The van der Waals surface area contributed by atoms with E-state index in [1.54, 1.807) is 6.21 Å². The number of ether oxygens (including phenoxy) is 1. The van der Waals surface area contributed by atoms with Crippen LogP contribution in [-0.2, 0) is 0 Å². The molecule has 0 amide bonds. The first-order valence-electron chi connectivity index (χ1n) is 9.98. The Balaban J connectivity index is 1.53. The summed E-state index contributed by atoms with van der Waals surface area (Å²) in [4.78, 5) is 4.60. The minimum Gasteiger partial charge on any atom is -0.493 e. The van der Waals surface area contributed by atoms with Gasteiger partial charge >= 0.3 is 0 Å². The van der Waals surface area contributed by atoms with Crippen LogP contribution >= 0.6 is 27.3 Å². The van der Waals surface area contributed by atoms with E-state index in [9.17, 15) is 0 Å². The summed E-state index contributed by atoms with van der Waals surface area (Å²) in [6.07, 6.45) is 7.93. The van der Waals surface area contributed by atoms with Gasteiger partial charge < -0.3 is 4.74 Å². The Hall–Kier alpha value is -2.18. The highest BCUT2D eigenvalue weighted by Crippen LogP contribution is 2.26. The van der Waals surface area contributed by atoms with E-state index in [2.05, 4.69) is 38.4 Å². The van der Waals surface area contributed by atoms with E-state index in [-0.39, 0.29) is 0 Å². The topological polar surface area (TPSA) is 46.5 Å². The van der Waals surface area contributed by atoms with E-state index < -0.39 is 0 Å². The molecule has 1 heterocycles. The molecule has 0 radical (unpaired) electrons. The number of halogens is 1. The Morgan fingerprint density at radius 2 is 1.86 bits per heavy atom. The van der Waals surface area contributed by atoms with Gasteiger partial charge in [-0.3, -0.25) is 5.43 Å². The summed E-state index contributed by atoms with van der Waals surface area (Å²) >= 11 is 4.99. The van der Waals surface area contributed by atoms with E-state index in [4.69, 9.17) is 4.74 Å². The highest BCUT2D eigenvalue weighted by atomic mass is 79.9. The van der Waals surface area contributed by atoms with Crippen LogP contribution in [0.5, 0.6) is 5.75 Å². The molecule has 0 spiro atoms. The van der Waals surface area contributed by atoms with Crippen LogP contribution in [0.3, 0.4) is 0 Å². The molecule has 0 aliphatic carbocycles. The number of rotatable bonds is 11. The third kappa shape index (κ3) is 6.98. The fraction of sp³-hybridized carbons (Fsp3) is 0.304. The van der Waals surface area contributed by atoms with Crippen molar-refractivity contribution in [2.45, 2.75) is 39.0 Å². The van der Waals surface area contributed by atoms with Gasteiger partial charge in [0, 0.05) is 21.0 Å². The molecule has 6 heteroatoms. The summed E-state index contributed by atoms with van der Waals surface area (Å²) in [5, 5.41) is 7.13. The van der Waals surface area contributed by atoms with Crippen LogP contribution in [0.15, 0.2) is 63.5 Å². The van der Waals surface area contributed by atoms with Gasteiger partial charge in [0.2, 0.25) is 5.13 Å². The highest BCUT2D eigenvalue weighted by Gasteiger charge is 2.04. The molecular formula is C23H26BrN3OS. The van der Waals surface area contributed by atoms with Crippen LogP contribution < -0.4 is 10.2 Å². The Bertz CT molecular complexity index is 908. The Labute approximate surface area is 185 Å². The second-order valence-corrected chi connectivity index (χ2v) is 8.49. The Kier molecular flexibility index (Phi) is 8.71. The number of nitrogens with one attached hydrogen (secondary N) is 1. The van der Waals surface area contributed by atoms with Crippen LogP contribution in [0.4, 0.5) is 5.13 Å². The molecule has 0 aliphatic heterocycles. The lowest BCUT2D eigenvalue weighted by Crippen LogP contribution is -2.00. The van der Waals surface area contributed by atoms with E-state index in [0.717, 1.165) is 45.2 Å². The zero-order valence-corrected chi connectivity index (χ0v) is 19.0. The van der Waals surface area contributed by atoms with E-state index in [1.807, 2.05) is 53.9 Å². The first kappa shape index (κ1) is 21.5. The van der Waals surface area contributed by atoms with Crippen molar-refractivity contribution in [3.63, 3.8) is 0 Å². The minimum atomic E-state index is 0.741. The second kappa shape index (κ2) is 11.7. The molecule has 1 aromatic heterocycles. The van der Waals surface area contributed by atoms with Crippen molar-refractivity contribution in [1.29, 1.82) is 0 Å². The van der Waals surface area contributed by atoms with Crippen LogP contribution in [0, 0.1) is 0 Å². The van der Waals surface area contributed by atoms with Gasteiger partial charge in [0.05, 0.1) is 18.5 Å². The van der Waals surface area contributed by atoms with Gasteiger partial charge in [-0.25, -0.2) is 4.98 Å². The molecule has 3 rings (SSSR count). The van der Waals surface area contributed by atoms with Crippen molar-refractivity contribution in [2.75, 3.05) is 12.0 Å². The lowest BCUT2D eigenvalue weighted by molar-refractivity contribution is 0.304. The molecule has 0 fully saturated rings. The molecule has 0 unspecified atom stereocenters. The van der Waals surface area contributed by atoms with Crippen LogP contribution in [0.25, 0.3) is 11.3 Å². The average molecular weight is 472 g/mol. The number of hydrazone groups is 1. The summed E-state index contributed by atoms with van der Waals surface area (Å²) in [5.74, 6) is 0.864. The number of hydrogen-bond acceptors (Lipinski definition) is 5. The quantitative estimate of drug-likeness (QED) is 0.180. The van der Waals surface area contributed by atoms with Crippen molar-refractivity contribution < 1.29 is 4.74 Å². The van der Waals surface area contributed by atoms with Crippen molar-refractivity contribution >= 4 is 38.6 Å². The normalized spacial score (nSPS) is 11.1. The standard InChI is InChI=1S/C23H26BrN3OS/c1-2-3-4-5-8-15-28-22-10-7-6-9-19(22)16-25-27-23-26-21(17-29-23)18-11-13-20(24)14-12-18/h6-7,9-14,16-17H,2-5,8,15H2,1H3,(H,26,27)/b25-16+. The van der Waals surface area contributed by atoms with Crippen LogP contribution in [-0.4, -0.2) is 17.8 Å². The number of thiazole rings is 1. The van der Waals surface area contributed by atoms with Gasteiger partial charge in [-0.1, -0.05) is 72.8 Å². The molecule has 0 atom stereocenters. The number of aromatic nitrogens is 1. The maximum atomic E-state index is 5.96. The summed E-state index contributed by atoms with van der Waals surface area (Å²) in [5.41, 5.74) is 6.00. The van der Waals surface area contributed by atoms with E-state index >= 15 is 0 Å². The molecule has 0 saturated carbocycles. The average Bonchev–Trinajstić information content (AvgIpc) is 3.21. The predicted molar refractivity (Wildman–Crippen MR) is 127 cm³/mol. The highest BCUT2D eigenvalue weighted by molar-refractivity contribution is 9.10. The Morgan fingerprint density at radius 1 is 1.07 bits per heavy atom. The zero-order chi connectivity index (χ0) is 20.3. The molecule has 0 aliphatic rings. The van der Waals surface area contributed by atoms with Crippen LogP contribution in [0.1, 0.15) is 44.6 Å². The van der Waals surface area contributed by atoms with Gasteiger partial charge in [-0.15, -0.1) is 11.3 Å². The smallest absolute Gasteiger partial charge is 0.203 e. The second-order valence-electron chi connectivity index (χ2n) is 6.72. The molecule has 4 nitrogen and oxygen atoms in total. The number of hydrogen-bond donors (Lipinski definition) is 1. The lowest BCUT2D eigenvalue weighted by Gasteiger charge is -2.08. The fourth-order valence-electron chi connectivity index (χ4n) is 2.84. The number of anilines is 1. The van der Waals surface area contributed by atoms with Crippen LogP contribution in [0.2, 0.25) is 0 Å². The lowest BCUT2D eigenvalue weighted by atomic mass is 10.2. The largest absolute Gasteiger partial charge is 0.493 e. The summed E-state index contributed by atoms with van der Waals surface area (Å²) < 4.78 is 7.01. The molecule has 3 aromatic rings. The first-order valence-corrected chi connectivity index (χ1v) is 11.7. The maximum absolute atomic E-state index is 5.96. The summed E-state index contributed by atoms with van der Waals surface area (Å²) in [6, 6.07) is 16.1. The number of para-hydroxylation sites is 1. The number of nitrogens with zero attached hydrogens (tertiary/aromatic N) is 2. The molecule has 152 valence electrons. The summed E-state index contributed by atoms with van der Waals surface area (Å²) in [7, 11) is 0. The van der Waals surface area contributed by atoms with Crippen molar-refractivity contribution in [3.05, 3.63) is 63.9 Å². The number of benzene rings is 2. The first-order chi connectivity index (χ1) is 14.3. The molecular weight excluding hydrogens is 446 g/mol.